The number of hydrogen-bond donors (Lipinski definition) is 0. The molecule has 0 saturated carbocycles. The third kappa shape index (κ3) is 9.21. The van der Waals surface area contributed by atoms with Gasteiger partial charge in [-0.05, 0) is 5.92 Å². The van der Waals surface area contributed by atoms with E-state index < -0.39 is 0 Å². The van der Waals surface area contributed by atoms with Crippen molar-refractivity contribution in [2.45, 2.75) is 6.42 Å². The van der Waals surface area contributed by atoms with Gasteiger partial charge in [0.2, 0.25) is 0 Å². The number of nitroso groups, excluding NO2 is 2. The summed E-state index contributed by atoms with van der Waals surface area (Å²) < 4.78 is 0. The molecule has 4 nitrogen and oxygen atoms in total. The Morgan fingerprint density at radius 2 is 1.42 bits per heavy atom. The molecular weight excluding hydrogens is 196 g/mol. The summed E-state index contributed by atoms with van der Waals surface area (Å²) >= 11 is 0. The van der Waals surface area contributed by atoms with Gasteiger partial charge < -0.3 is 27.9 Å². The van der Waals surface area contributed by atoms with Gasteiger partial charge in [0.25, 0.3) is 0 Å². The van der Waals surface area contributed by atoms with Crippen LogP contribution < -0.4 is 0 Å². The molecule has 12 heavy (non-hydrogen) atoms. The second kappa shape index (κ2) is 16.7. The summed E-state index contributed by atoms with van der Waals surface area (Å²) in [6, 6.07) is 0. The molecule has 0 aliphatic heterocycles. The molecule has 0 N–H and O–H groups in total. The molecule has 0 amide bonds. The molecule has 65 valence electrons. The molecule has 0 aromatic heterocycles. The molecule has 0 bridgehead atoms. The predicted molar refractivity (Wildman–Crippen MR) is 45.2 cm³/mol. The van der Waals surface area contributed by atoms with E-state index in [1.54, 1.807) is 0 Å². The van der Waals surface area contributed by atoms with Crippen LogP contribution in [0.25, 0.3) is 11.2 Å². The van der Waals surface area contributed by atoms with E-state index in [9.17, 15) is 0 Å². The number of nitrogens with zero attached hydrogens (tertiary/aromatic N) is 2. The van der Waals surface area contributed by atoms with Crippen LogP contribution >= 0.6 is 0 Å². The Kier molecular flexibility index (Phi) is 24.1. The molecule has 1 radical (unpaired) electrons. The van der Waals surface area contributed by atoms with Crippen molar-refractivity contribution in [2.75, 3.05) is 0 Å². The van der Waals surface area contributed by atoms with Gasteiger partial charge in [-0.1, -0.05) is 24.3 Å². The zero-order valence-corrected chi connectivity index (χ0v) is 7.70. The van der Waals surface area contributed by atoms with Crippen LogP contribution in [0.4, 0.5) is 0 Å². The molecule has 0 saturated heterocycles. The minimum absolute atomic E-state index is 0. The van der Waals surface area contributed by atoms with Gasteiger partial charge in [0.05, 0.1) is 0 Å². The summed E-state index contributed by atoms with van der Waals surface area (Å²) in [5.74, 6) is 0.625. The maximum absolute atomic E-state index is 7.25. The molecule has 0 heterocycles. The molecule has 0 spiro atoms. The SMILES string of the molecule is [CH2-]CC1C=CC=C1.[Cr+3].[N-]=O.[N-]=O. The van der Waals surface area contributed by atoms with Crippen molar-refractivity contribution >= 4 is 0 Å². The molecule has 0 unspecified atom stereocenters. The Balaban J connectivity index is -0.000000144. The monoisotopic (exact) mass is 205 g/mol. The van der Waals surface area contributed by atoms with E-state index in [0.29, 0.717) is 5.92 Å². The Morgan fingerprint density at radius 3 is 1.58 bits per heavy atom. The molecule has 0 fully saturated rings. The minimum Gasteiger partial charge on any atom is -0.577 e. The van der Waals surface area contributed by atoms with Crippen LogP contribution in [-0.2, 0) is 17.4 Å². The van der Waals surface area contributed by atoms with Crippen molar-refractivity contribution in [3.05, 3.63) is 52.2 Å². The summed E-state index contributed by atoms with van der Waals surface area (Å²) in [7, 11) is 0. The second-order valence-corrected chi connectivity index (χ2v) is 1.72. The van der Waals surface area contributed by atoms with Crippen LogP contribution in [0.15, 0.2) is 24.3 Å². The van der Waals surface area contributed by atoms with Crippen LogP contribution in [0, 0.1) is 22.7 Å². The molecule has 1 aliphatic carbocycles. The van der Waals surface area contributed by atoms with Crippen LogP contribution in [0.1, 0.15) is 6.42 Å². The first kappa shape index (κ1) is 17.3. The first-order chi connectivity index (χ1) is 5.43. The van der Waals surface area contributed by atoms with Gasteiger partial charge in [0, 0.05) is 0 Å². The molecule has 0 atom stereocenters. The normalized spacial score (nSPS) is 11.8. The first-order valence-electron chi connectivity index (χ1n) is 2.94. The Morgan fingerprint density at radius 1 is 1.08 bits per heavy atom. The van der Waals surface area contributed by atoms with Crippen molar-refractivity contribution in [2.24, 2.45) is 5.92 Å². The van der Waals surface area contributed by atoms with Crippen molar-refractivity contribution in [3.63, 3.8) is 0 Å². The van der Waals surface area contributed by atoms with E-state index in [0.717, 1.165) is 6.42 Å². The van der Waals surface area contributed by atoms with Crippen molar-refractivity contribution < 1.29 is 17.4 Å². The second-order valence-electron chi connectivity index (χ2n) is 1.72. The fraction of sp³-hybridized carbons (Fsp3) is 0.286. The smallest absolute Gasteiger partial charge is 0.577 e. The maximum Gasteiger partial charge on any atom is 3.00 e. The molecule has 5 heteroatoms. The van der Waals surface area contributed by atoms with Crippen LogP contribution in [-0.4, -0.2) is 0 Å². The van der Waals surface area contributed by atoms with Crippen LogP contribution in [0.5, 0.6) is 0 Å². The average molecular weight is 205 g/mol. The average Bonchev–Trinajstić information content (AvgIpc) is 2.63. The van der Waals surface area contributed by atoms with Gasteiger partial charge in [-0.2, -0.15) is 6.42 Å². The Hall–Kier alpha value is -0.788. The molecule has 0 aromatic rings. The third-order valence-electron chi connectivity index (χ3n) is 1.16. The van der Waals surface area contributed by atoms with Gasteiger partial charge in [-0.25, -0.2) is 0 Å². The minimum atomic E-state index is 0. The van der Waals surface area contributed by atoms with Gasteiger partial charge in [0.15, 0.2) is 0 Å². The summed E-state index contributed by atoms with van der Waals surface area (Å²) in [5.41, 5.74) is 11.5. The van der Waals surface area contributed by atoms with E-state index >= 15 is 0 Å². The summed E-state index contributed by atoms with van der Waals surface area (Å²) in [6.07, 6.45) is 9.44. The summed E-state index contributed by atoms with van der Waals surface area (Å²) in [5, 5.41) is 0. The Bertz CT molecular complexity index is 125. The van der Waals surface area contributed by atoms with Crippen molar-refractivity contribution in [1.29, 1.82) is 0 Å². The number of allylic oxidation sites excluding steroid dienone is 4. The maximum atomic E-state index is 7.25. The van der Waals surface area contributed by atoms with Gasteiger partial charge in [-0.15, -0.1) is 0 Å². The largest absolute Gasteiger partial charge is 3.00 e. The fourth-order valence-electron chi connectivity index (χ4n) is 0.670. The van der Waals surface area contributed by atoms with E-state index in [2.05, 4.69) is 31.2 Å². The zero-order valence-electron chi connectivity index (χ0n) is 6.42. The summed E-state index contributed by atoms with van der Waals surface area (Å²) in [6.45, 7) is 3.77. The Labute approximate surface area is 82.4 Å². The van der Waals surface area contributed by atoms with Crippen LogP contribution in [0.2, 0.25) is 0 Å². The molecule has 0 aromatic carbocycles. The fourth-order valence-corrected chi connectivity index (χ4v) is 0.670. The first-order valence-corrected chi connectivity index (χ1v) is 2.94. The molecule has 1 rings (SSSR count). The van der Waals surface area contributed by atoms with E-state index in [1.807, 2.05) is 0 Å². The van der Waals surface area contributed by atoms with Crippen molar-refractivity contribution in [1.82, 2.24) is 0 Å². The topological polar surface area (TPSA) is 78.7 Å². The van der Waals surface area contributed by atoms with E-state index in [1.165, 1.54) is 0 Å². The van der Waals surface area contributed by atoms with E-state index in [-0.39, 0.29) is 17.4 Å². The predicted octanol–water partition coefficient (Wildman–Crippen LogP) is 2.59. The molecule has 1 aliphatic rings. The number of hydrogen-bond acceptors (Lipinski definition) is 2. The standard InChI is InChI=1S/C7H9.Cr.2NO/c1-2-7-5-3-4-6-7;;2*1-2/h3-7H,1-2H2;;;/q-1;+3;2*-1. The van der Waals surface area contributed by atoms with Crippen molar-refractivity contribution in [3.8, 4) is 0 Å². The van der Waals surface area contributed by atoms with Gasteiger partial charge >= 0.3 is 17.4 Å². The van der Waals surface area contributed by atoms with Gasteiger partial charge in [-0.3, -0.25) is 0 Å². The third-order valence-corrected chi connectivity index (χ3v) is 1.16. The molecular formula is C7H9CrN2O2. The summed E-state index contributed by atoms with van der Waals surface area (Å²) in [4.78, 5) is 14.5. The van der Waals surface area contributed by atoms with Crippen LogP contribution in [0.3, 0.4) is 0 Å². The zero-order chi connectivity index (χ0) is 9.11. The number of rotatable bonds is 1. The quantitative estimate of drug-likeness (QED) is 0.616. The van der Waals surface area contributed by atoms with Gasteiger partial charge in [0.1, 0.15) is 0 Å². The van der Waals surface area contributed by atoms with E-state index in [4.69, 9.17) is 21.0 Å².